The molecule has 1 unspecified atom stereocenters. The molecule has 0 aliphatic heterocycles. The number of hydrogen-bond acceptors (Lipinski definition) is 0. The predicted molar refractivity (Wildman–Crippen MR) is 43.3 cm³/mol. The molecule has 0 fully saturated rings. The molecular formula is C6H15ClMg. The van der Waals surface area contributed by atoms with Crippen LogP contribution in [0.1, 0.15) is 26.7 Å². The van der Waals surface area contributed by atoms with Gasteiger partial charge in [0, 0.05) is 5.88 Å². The van der Waals surface area contributed by atoms with Gasteiger partial charge in [0.2, 0.25) is 0 Å². The summed E-state index contributed by atoms with van der Waals surface area (Å²) in [7, 11) is 0. The first-order valence-electron chi connectivity index (χ1n) is 2.87. The van der Waals surface area contributed by atoms with Crippen LogP contribution < -0.4 is 0 Å². The second kappa shape index (κ2) is 8.06. The first-order chi connectivity index (χ1) is 3.31. The lowest BCUT2D eigenvalue weighted by Crippen LogP contribution is -1.92. The highest BCUT2D eigenvalue weighted by Crippen LogP contribution is 2.05. The van der Waals surface area contributed by atoms with Crippen LogP contribution in [0.15, 0.2) is 0 Å². The molecule has 0 aromatic carbocycles. The summed E-state index contributed by atoms with van der Waals surface area (Å²) < 4.78 is 0. The maximum Gasteiger partial charge on any atom is 0.316 e. The fourth-order valence-corrected chi connectivity index (χ4v) is 0.724. The van der Waals surface area contributed by atoms with E-state index in [-0.39, 0.29) is 23.1 Å². The maximum absolute atomic E-state index is 5.53. The number of hydrogen-bond donors (Lipinski definition) is 0. The Balaban J connectivity index is 0. The molecule has 0 aromatic heterocycles. The molecule has 0 saturated carbocycles. The van der Waals surface area contributed by atoms with E-state index >= 15 is 0 Å². The fourth-order valence-electron chi connectivity index (χ4n) is 0.570. The molecule has 8 heavy (non-hydrogen) atoms. The van der Waals surface area contributed by atoms with Crippen molar-refractivity contribution in [2.75, 3.05) is 5.88 Å². The van der Waals surface area contributed by atoms with Gasteiger partial charge in [-0.05, 0) is 12.3 Å². The van der Waals surface area contributed by atoms with E-state index in [1.165, 1.54) is 12.8 Å². The van der Waals surface area contributed by atoms with Crippen molar-refractivity contribution in [3.63, 3.8) is 0 Å². The molecule has 0 nitrogen and oxygen atoms in total. The Morgan fingerprint density at radius 3 is 2.12 bits per heavy atom. The van der Waals surface area contributed by atoms with Crippen LogP contribution >= 0.6 is 11.6 Å². The van der Waals surface area contributed by atoms with Gasteiger partial charge in [-0.3, -0.25) is 0 Å². The zero-order chi connectivity index (χ0) is 5.70. The van der Waals surface area contributed by atoms with E-state index in [0.29, 0.717) is 5.92 Å². The average Bonchev–Trinajstić information content (AvgIpc) is 1.68. The van der Waals surface area contributed by atoms with Gasteiger partial charge in [-0.25, -0.2) is 0 Å². The molecule has 0 rings (SSSR count). The van der Waals surface area contributed by atoms with E-state index in [1.807, 2.05) is 0 Å². The normalized spacial score (nSPS) is 12.4. The lowest BCUT2D eigenvalue weighted by Gasteiger charge is -2.01. The lowest BCUT2D eigenvalue weighted by atomic mass is 10.1. The number of halogens is 1. The van der Waals surface area contributed by atoms with Crippen molar-refractivity contribution in [2.24, 2.45) is 5.92 Å². The summed E-state index contributed by atoms with van der Waals surface area (Å²) in [5.41, 5.74) is 0. The Morgan fingerprint density at radius 1 is 1.50 bits per heavy atom. The minimum atomic E-state index is 0. The van der Waals surface area contributed by atoms with Gasteiger partial charge in [-0.2, -0.15) is 0 Å². The molecule has 0 aliphatic carbocycles. The highest BCUT2D eigenvalue weighted by Gasteiger charge is 1.94. The molecule has 0 amide bonds. The minimum absolute atomic E-state index is 0. The summed E-state index contributed by atoms with van der Waals surface area (Å²) in [5.74, 6) is 1.53. The van der Waals surface area contributed by atoms with Gasteiger partial charge in [0.15, 0.2) is 0 Å². The lowest BCUT2D eigenvalue weighted by molar-refractivity contribution is 0.582. The molecule has 0 aliphatic rings. The van der Waals surface area contributed by atoms with Gasteiger partial charge in [-0.1, -0.05) is 20.3 Å². The summed E-state index contributed by atoms with van der Waals surface area (Å²) >= 11 is 5.53. The third-order valence-electron chi connectivity index (χ3n) is 1.04. The van der Waals surface area contributed by atoms with Crippen LogP contribution in [-0.4, -0.2) is 28.9 Å². The second-order valence-electron chi connectivity index (χ2n) is 2.05. The van der Waals surface area contributed by atoms with Gasteiger partial charge >= 0.3 is 23.1 Å². The van der Waals surface area contributed by atoms with Crippen LogP contribution in [0, 0.1) is 5.92 Å². The zero-order valence-electron chi connectivity index (χ0n) is 5.08. The molecule has 0 saturated heterocycles. The highest BCUT2D eigenvalue weighted by atomic mass is 35.5. The maximum atomic E-state index is 5.53. The van der Waals surface area contributed by atoms with Crippen molar-refractivity contribution in [1.29, 1.82) is 0 Å². The van der Waals surface area contributed by atoms with E-state index in [9.17, 15) is 0 Å². The third-order valence-corrected chi connectivity index (χ3v) is 1.57. The summed E-state index contributed by atoms with van der Waals surface area (Å²) in [6.07, 6.45) is 2.53. The molecular weight excluding hydrogens is 132 g/mol. The standard InChI is InChI=1S/C6H13Cl.Mg.2H/c1-3-4-6(2)5-7;;;/h6H,3-5H2,1-2H3;;;. The summed E-state index contributed by atoms with van der Waals surface area (Å²) in [6, 6.07) is 0. The molecule has 0 aromatic rings. The predicted octanol–water partition coefficient (Wildman–Crippen LogP) is 1.75. The van der Waals surface area contributed by atoms with Crippen molar-refractivity contribution in [3.8, 4) is 0 Å². The Labute approximate surface area is 73.1 Å². The fraction of sp³-hybridized carbons (Fsp3) is 1.00. The van der Waals surface area contributed by atoms with Crippen LogP contribution in [-0.2, 0) is 0 Å². The Hall–Kier alpha value is 1.06. The van der Waals surface area contributed by atoms with Crippen molar-refractivity contribution >= 4 is 34.7 Å². The van der Waals surface area contributed by atoms with Gasteiger partial charge in [0.05, 0.1) is 0 Å². The van der Waals surface area contributed by atoms with E-state index in [2.05, 4.69) is 13.8 Å². The second-order valence-corrected chi connectivity index (χ2v) is 2.36. The van der Waals surface area contributed by atoms with Crippen molar-refractivity contribution in [3.05, 3.63) is 0 Å². The number of alkyl halides is 1. The zero-order valence-corrected chi connectivity index (χ0v) is 5.83. The summed E-state index contributed by atoms with van der Waals surface area (Å²) in [6.45, 7) is 4.36. The molecule has 48 valence electrons. The highest BCUT2D eigenvalue weighted by molar-refractivity contribution is 6.18. The summed E-state index contributed by atoms with van der Waals surface area (Å²) in [5, 5.41) is 0. The largest absolute Gasteiger partial charge is 0.316 e. The Morgan fingerprint density at radius 2 is 2.00 bits per heavy atom. The van der Waals surface area contributed by atoms with Crippen molar-refractivity contribution in [1.82, 2.24) is 0 Å². The van der Waals surface area contributed by atoms with Gasteiger partial charge in [0.25, 0.3) is 0 Å². The van der Waals surface area contributed by atoms with E-state index in [1.54, 1.807) is 0 Å². The van der Waals surface area contributed by atoms with Crippen molar-refractivity contribution in [2.45, 2.75) is 26.7 Å². The summed E-state index contributed by atoms with van der Waals surface area (Å²) in [4.78, 5) is 0. The van der Waals surface area contributed by atoms with E-state index < -0.39 is 0 Å². The Bertz CT molecular complexity index is 39.5. The SMILES string of the molecule is CCCC(C)CCl.[MgH2]. The quantitative estimate of drug-likeness (QED) is 0.421. The first kappa shape index (κ1) is 11.8. The topological polar surface area (TPSA) is 0 Å². The van der Waals surface area contributed by atoms with E-state index in [4.69, 9.17) is 11.6 Å². The smallest absolute Gasteiger partial charge is 0.126 e. The molecule has 0 bridgehead atoms. The van der Waals surface area contributed by atoms with Crippen molar-refractivity contribution < 1.29 is 0 Å². The first-order valence-corrected chi connectivity index (χ1v) is 3.40. The monoisotopic (exact) mass is 146 g/mol. The van der Waals surface area contributed by atoms with Crippen LogP contribution in [0.25, 0.3) is 0 Å². The minimum Gasteiger partial charge on any atom is -0.126 e. The van der Waals surface area contributed by atoms with Crippen LogP contribution in [0.4, 0.5) is 0 Å². The van der Waals surface area contributed by atoms with E-state index in [0.717, 1.165) is 5.88 Å². The molecule has 0 spiro atoms. The number of rotatable bonds is 3. The Kier molecular flexibility index (Phi) is 11.9. The average molecular weight is 147 g/mol. The molecule has 2 heteroatoms. The van der Waals surface area contributed by atoms with Gasteiger partial charge < -0.3 is 0 Å². The molecule has 0 N–H and O–H groups in total. The van der Waals surface area contributed by atoms with Crippen LogP contribution in [0.3, 0.4) is 0 Å². The third kappa shape index (κ3) is 7.06. The van der Waals surface area contributed by atoms with Gasteiger partial charge in [0.1, 0.15) is 0 Å². The molecule has 1 atom stereocenters. The van der Waals surface area contributed by atoms with Gasteiger partial charge in [-0.15, -0.1) is 11.6 Å². The molecule has 0 heterocycles. The van der Waals surface area contributed by atoms with Crippen LogP contribution in [0.2, 0.25) is 0 Å². The van der Waals surface area contributed by atoms with Crippen LogP contribution in [0.5, 0.6) is 0 Å². The molecule has 0 radical (unpaired) electrons.